The van der Waals surface area contributed by atoms with Crippen molar-refractivity contribution in [3.05, 3.63) is 41.0 Å². The number of allylic oxidation sites excluding steroid dienone is 2. The van der Waals surface area contributed by atoms with Gasteiger partial charge in [-0.2, -0.15) is 13.2 Å². The van der Waals surface area contributed by atoms with E-state index in [2.05, 4.69) is 5.32 Å². The second-order valence-corrected chi connectivity index (χ2v) is 4.97. The zero-order valence-electron chi connectivity index (χ0n) is 12.6. The number of hydrogen-bond acceptors (Lipinski definition) is 2. The number of carboxylic acid groups (broad SMARTS) is 1. The third-order valence-corrected chi connectivity index (χ3v) is 3.23. The number of hydrogen-bond donors (Lipinski definition) is 2. The van der Waals surface area contributed by atoms with Crippen molar-refractivity contribution >= 4 is 11.5 Å². The predicted octanol–water partition coefficient (Wildman–Crippen LogP) is 4.08. The monoisotopic (exact) mass is 315 g/mol. The van der Waals surface area contributed by atoms with Crippen LogP contribution in [0.25, 0.3) is 5.57 Å². The first-order chi connectivity index (χ1) is 10.3. The van der Waals surface area contributed by atoms with E-state index in [1.54, 1.807) is 13.0 Å². The molecule has 3 nitrogen and oxygen atoms in total. The van der Waals surface area contributed by atoms with E-state index in [4.69, 9.17) is 5.11 Å². The van der Waals surface area contributed by atoms with Crippen molar-refractivity contribution in [3.63, 3.8) is 0 Å². The molecule has 22 heavy (non-hydrogen) atoms. The van der Waals surface area contributed by atoms with Crippen molar-refractivity contribution in [2.24, 2.45) is 0 Å². The molecule has 1 aromatic rings. The Balaban J connectivity index is 3.08. The van der Waals surface area contributed by atoms with Crippen molar-refractivity contribution in [2.75, 3.05) is 6.54 Å². The number of halogens is 3. The molecular weight excluding hydrogens is 295 g/mol. The van der Waals surface area contributed by atoms with Gasteiger partial charge in [-0.15, -0.1) is 0 Å². The Morgan fingerprint density at radius 3 is 2.59 bits per heavy atom. The number of alkyl halides is 3. The summed E-state index contributed by atoms with van der Waals surface area (Å²) in [7, 11) is 0. The molecule has 0 amide bonds. The molecule has 0 heterocycles. The van der Waals surface area contributed by atoms with E-state index < -0.39 is 17.7 Å². The summed E-state index contributed by atoms with van der Waals surface area (Å²) in [5.74, 6) is -0.899. The third-order valence-electron chi connectivity index (χ3n) is 3.23. The van der Waals surface area contributed by atoms with Gasteiger partial charge in [0.15, 0.2) is 0 Å². The molecule has 0 bridgehead atoms. The van der Waals surface area contributed by atoms with Crippen LogP contribution in [0.3, 0.4) is 0 Å². The second-order valence-electron chi connectivity index (χ2n) is 4.97. The summed E-state index contributed by atoms with van der Waals surface area (Å²) in [6.45, 7) is 4.64. The van der Waals surface area contributed by atoms with Crippen LogP contribution in [0, 0.1) is 0 Å². The molecule has 0 aliphatic carbocycles. The fraction of sp³-hybridized carbons (Fsp3) is 0.438. The molecule has 0 atom stereocenters. The lowest BCUT2D eigenvalue weighted by Gasteiger charge is -2.14. The number of nitrogens with one attached hydrogen (secondary N) is 1. The van der Waals surface area contributed by atoms with Gasteiger partial charge >= 0.3 is 12.1 Å². The van der Waals surface area contributed by atoms with Crippen LogP contribution in [0.4, 0.5) is 13.2 Å². The second kappa shape index (κ2) is 7.98. The lowest BCUT2D eigenvalue weighted by atomic mass is 9.97. The number of aliphatic carboxylic acids is 1. The third kappa shape index (κ3) is 5.52. The van der Waals surface area contributed by atoms with Crippen LogP contribution in [0.1, 0.15) is 43.4 Å². The molecule has 1 rings (SSSR count). The van der Waals surface area contributed by atoms with Crippen LogP contribution in [0.5, 0.6) is 0 Å². The van der Waals surface area contributed by atoms with Crippen molar-refractivity contribution in [2.45, 2.75) is 39.4 Å². The largest absolute Gasteiger partial charge is 0.481 e. The Hall–Kier alpha value is -1.82. The molecule has 2 N–H and O–H groups in total. The maximum atomic E-state index is 12.8. The Bertz CT molecular complexity index is 551. The molecule has 0 saturated carbocycles. The summed E-state index contributed by atoms with van der Waals surface area (Å²) < 4.78 is 38.4. The van der Waals surface area contributed by atoms with E-state index in [0.29, 0.717) is 30.6 Å². The first-order valence-corrected chi connectivity index (χ1v) is 7.05. The van der Waals surface area contributed by atoms with E-state index in [1.807, 2.05) is 6.92 Å². The number of carbonyl (C=O) groups is 1. The van der Waals surface area contributed by atoms with Gasteiger partial charge in [0.1, 0.15) is 0 Å². The highest BCUT2D eigenvalue weighted by Crippen LogP contribution is 2.32. The molecule has 0 aliphatic rings. The van der Waals surface area contributed by atoms with Gasteiger partial charge < -0.3 is 10.4 Å². The van der Waals surface area contributed by atoms with Crippen molar-refractivity contribution in [3.8, 4) is 0 Å². The highest BCUT2D eigenvalue weighted by molar-refractivity contribution is 5.69. The molecule has 6 heteroatoms. The average molecular weight is 315 g/mol. The lowest BCUT2D eigenvalue weighted by Crippen LogP contribution is -2.15. The van der Waals surface area contributed by atoms with E-state index in [1.165, 1.54) is 6.07 Å². The Morgan fingerprint density at radius 1 is 1.36 bits per heavy atom. The van der Waals surface area contributed by atoms with Crippen LogP contribution >= 0.6 is 0 Å². The highest BCUT2D eigenvalue weighted by atomic mass is 19.4. The minimum atomic E-state index is -4.37. The highest BCUT2D eigenvalue weighted by Gasteiger charge is 2.30. The van der Waals surface area contributed by atoms with Crippen LogP contribution < -0.4 is 5.32 Å². The van der Waals surface area contributed by atoms with Crippen LogP contribution in [0.15, 0.2) is 24.3 Å². The van der Waals surface area contributed by atoms with Crippen molar-refractivity contribution < 1.29 is 23.1 Å². The Kier molecular flexibility index (Phi) is 6.61. The maximum Gasteiger partial charge on any atom is 0.416 e. The molecule has 0 aromatic heterocycles. The maximum absolute atomic E-state index is 12.8. The number of rotatable bonds is 7. The molecule has 0 radical (unpaired) electrons. The Labute approximate surface area is 127 Å². The SMILES string of the molecule is CCNCc1cc(C(F)(F)F)ccc1/C(C)=C/CCC(=O)O. The van der Waals surface area contributed by atoms with Gasteiger partial charge in [-0.1, -0.05) is 19.1 Å². The normalized spacial score (nSPS) is 12.5. The zero-order chi connectivity index (χ0) is 16.8. The smallest absolute Gasteiger partial charge is 0.416 e. The number of benzene rings is 1. The van der Waals surface area contributed by atoms with E-state index in [9.17, 15) is 18.0 Å². The molecule has 1 aromatic carbocycles. The molecule has 0 spiro atoms. The van der Waals surface area contributed by atoms with Gasteiger partial charge in [-0.25, -0.2) is 0 Å². The topological polar surface area (TPSA) is 49.3 Å². The molecular formula is C16H20F3NO2. The van der Waals surface area contributed by atoms with E-state index in [-0.39, 0.29) is 6.42 Å². The molecule has 122 valence electrons. The summed E-state index contributed by atoms with van der Waals surface area (Å²) in [6.07, 6.45) is -2.28. The molecule has 0 fully saturated rings. The fourth-order valence-electron chi connectivity index (χ4n) is 2.08. The van der Waals surface area contributed by atoms with Crippen molar-refractivity contribution in [1.82, 2.24) is 5.32 Å². The zero-order valence-corrected chi connectivity index (χ0v) is 12.6. The van der Waals surface area contributed by atoms with Gasteiger partial charge in [-0.05, 0) is 48.7 Å². The van der Waals surface area contributed by atoms with Gasteiger partial charge in [0.05, 0.1) is 5.56 Å². The fourth-order valence-corrected chi connectivity index (χ4v) is 2.08. The molecule has 0 unspecified atom stereocenters. The van der Waals surface area contributed by atoms with Gasteiger partial charge in [0, 0.05) is 13.0 Å². The lowest BCUT2D eigenvalue weighted by molar-refractivity contribution is -0.138. The number of carboxylic acids is 1. The van der Waals surface area contributed by atoms with Gasteiger partial charge in [-0.3, -0.25) is 4.79 Å². The predicted molar refractivity (Wildman–Crippen MR) is 79.3 cm³/mol. The van der Waals surface area contributed by atoms with Crippen LogP contribution in [-0.2, 0) is 17.5 Å². The van der Waals surface area contributed by atoms with Crippen LogP contribution in [-0.4, -0.2) is 17.6 Å². The molecule has 0 aliphatic heterocycles. The van der Waals surface area contributed by atoms with E-state index >= 15 is 0 Å². The summed E-state index contributed by atoms with van der Waals surface area (Å²) in [4.78, 5) is 10.5. The summed E-state index contributed by atoms with van der Waals surface area (Å²) in [5.41, 5.74) is 1.37. The minimum Gasteiger partial charge on any atom is -0.481 e. The van der Waals surface area contributed by atoms with Crippen LogP contribution in [0.2, 0.25) is 0 Å². The van der Waals surface area contributed by atoms with E-state index in [0.717, 1.165) is 17.7 Å². The average Bonchev–Trinajstić information content (AvgIpc) is 2.43. The molecule has 0 saturated heterocycles. The van der Waals surface area contributed by atoms with Gasteiger partial charge in [0.25, 0.3) is 0 Å². The standard InChI is InChI=1S/C16H20F3NO2/c1-3-20-10-12-9-13(16(17,18)19)7-8-14(12)11(2)5-4-6-15(21)22/h5,7-9,20H,3-4,6,10H2,1-2H3,(H,21,22)/b11-5+. The quantitative estimate of drug-likeness (QED) is 0.797. The summed E-state index contributed by atoms with van der Waals surface area (Å²) >= 11 is 0. The first kappa shape index (κ1) is 18.2. The summed E-state index contributed by atoms with van der Waals surface area (Å²) in [6, 6.07) is 3.65. The van der Waals surface area contributed by atoms with Crippen molar-refractivity contribution in [1.29, 1.82) is 0 Å². The van der Waals surface area contributed by atoms with Gasteiger partial charge in [0.2, 0.25) is 0 Å². The Morgan fingerprint density at radius 2 is 2.05 bits per heavy atom. The summed E-state index contributed by atoms with van der Waals surface area (Å²) in [5, 5.41) is 11.7. The minimum absolute atomic E-state index is 0.000514. The first-order valence-electron chi connectivity index (χ1n) is 7.05.